The lowest BCUT2D eigenvalue weighted by molar-refractivity contribution is -0.143. The minimum absolute atomic E-state index is 0.141. The second kappa shape index (κ2) is 13.3. The zero-order valence-electron chi connectivity index (χ0n) is 21.7. The first kappa shape index (κ1) is 27.5. The highest BCUT2D eigenvalue weighted by Crippen LogP contribution is 2.41. The Balaban J connectivity index is 1.61. The quantitative estimate of drug-likeness (QED) is 0.269. The second-order valence-electron chi connectivity index (χ2n) is 8.93. The summed E-state index contributed by atoms with van der Waals surface area (Å²) in [7, 11) is 3.07. The average Bonchev–Trinajstić information content (AvgIpc) is 3.28. The summed E-state index contributed by atoms with van der Waals surface area (Å²) in [6.07, 6.45) is 4.03. The van der Waals surface area contributed by atoms with Crippen molar-refractivity contribution < 1.29 is 33.3 Å². The summed E-state index contributed by atoms with van der Waals surface area (Å²) in [4.78, 5) is 39.1. The Morgan fingerprint density at radius 1 is 1.19 bits per heavy atom. The van der Waals surface area contributed by atoms with E-state index >= 15 is 0 Å². The van der Waals surface area contributed by atoms with Gasteiger partial charge in [0.2, 0.25) is 0 Å². The number of rotatable bonds is 11. The predicted molar refractivity (Wildman–Crippen MR) is 134 cm³/mol. The number of urea groups is 1. The molecular weight excluding hydrogens is 466 g/mol. The molecule has 10 heteroatoms. The molecule has 36 heavy (non-hydrogen) atoms. The molecule has 0 radical (unpaired) electrons. The van der Waals surface area contributed by atoms with Gasteiger partial charge in [0.1, 0.15) is 12.4 Å². The van der Waals surface area contributed by atoms with Gasteiger partial charge >= 0.3 is 18.0 Å². The molecule has 2 N–H and O–H groups in total. The molecule has 0 spiro atoms. The van der Waals surface area contributed by atoms with Crippen molar-refractivity contribution in [3.8, 4) is 5.75 Å². The van der Waals surface area contributed by atoms with Crippen LogP contribution in [0, 0.1) is 6.92 Å². The van der Waals surface area contributed by atoms with Gasteiger partial charge in [-0.1, -0.05) is 11.6 Å². The van der Waals surface area contributed by atoms with E-state index in [-0.39, 0.29) is 19.0 Å². The molecule has 3 rings (SSSR count). The molecule has 198 valence electrons. The lowest BCUT2D eigenvalue weighted by atomic mass is 9.93. The van der Waals surface area contributed by atoms with Crippen LogP contribution in [0.1, 0.15) is 53.2 Å². The molecule has 2 heterocycles. The minimum atomic E-state index is -0.472. The van der Waals surface area contributed by atoms with E-state index in [2.05, 4.69) is 15.5 Å². The van der Waals surface area contributed by atoms with Gasteiger partial charge in [-0.15, -0.1) is 0 Å². The molecule has 0 bridgehead atoms. The summed E-state index contributed by atoms with van der Waals surface area (Å²) in [6.45, 7) is 8.64. The fraction of sp³-hybridized carbons (Fsp3) is 0.577. The number of nitrogens with one attached hydrogen (secondary N) is 2. The first-order chi connectivity index (χ1) is 17.3. The van der Waals surface area contributed by atoms with E-state index in [9.17, 15) is 14.4 Å². The van der Waals surface area contributed by atoms with Gasteiger partial charge in [-0.25, -0.2) is 9.59 Å². The van der Waals surface area contributed by atoms with Crippen molar-refractivity contribution >= 4 is 23.7 Å². The van der Waals surface area contributed by atoms with Gasteiger partial charge in [0.25, 0.3) is 0 Å². The molecule has 1 aromatic rings. The van der Waals surface area contributed by atoms with Gasteiger partial charge in [-0.3, -0.25) is 9.69 Å². The third-order valence-electron chi connectivity index (χ3n) is 6.51. The van der Waals surface area contributed by atoms with E-state index in [0.29, 0.717) is 47.6 Å². The number of hydrogen-bond donors (Lipinski definition) is 2. The molecular formula is C26H37N3O7. The number of carbonyl (C=O) groups is 3. The summed E-state index contributed by atoms with van der Waals surface area (Å²) < 4.78 is 21.6. The summed E-state index contributed by atoms with van der Waals surface area (Å²) in [5.41, 5.74) is 3.94. The molecule has 0 atom stereocenters. The summed E-state index contributed by atoms with van der Waals surface area (Å²) in [5.74, 6) is -0.0944. The van der Waals surface area contributed by atoms with Crippen LogP contribution in [0.2, 0.25) is 0 Å². The van der Waals surface area contributed by atoms with Crippen LogP contribution in [-0.2, 0) is 32.0 Å². The third kappa shape index (κ3) is 6.98. The first-order valence-corrected chi connectivity index (χ1v) is 12.3. The van der Waals surface area contributed by atoms with Crippen LogP contribution >= 0.6 is 0 Å². The van der Waals surface area contributed by atoms with Crippen LogP contribution in [0.5, 0.6) is 5.75 Å². The van der Waals surface area contributed by atoms with Crippen molar-refractivity contribution in [3.05, 3.63) is 33.9 Å². The predicted octanol–water partition coefficient (Wildman–Crippen LogP) is 2.96. The Hall–Kier alpha value is -3.11. The van der Waals surface area contributed by atoms with Crippen molar-refractivity contribution in [2.24, 2.45) is 0 Å². The van der Waals surface area contributed by atoms with E-state index in [1.807, 2.05) is 19.9 Å². The maximum Gasteiger partial charge on any atom is 0.341 e. The molecule has 2 aliphatic heterocycles. The van der Waals surface area contributed by atoms with Gasteiger partial charge in [-0.05, 0) is 38.7 Å². The van der Waals surface area contributed by atoms with Crippen LogP contribution in [0.15, 0.2) is 11.6 Å². The first-order valence-electron chi connectivity index (χ1n) is 12.3. The number of amides is 2. The number of esters is 2. The third-order valence-corrected chi connectivity index (χ3v) is 6.51. The van der Waals surface area contributed by atoms with Crippen molar-refractivity contribution in [2.45, 2.75) is 46.1 Å². The van der Waals surface area contributed by atoms with Gasteiger partial charge in [0.05, 0.1) is 38.2 Å². The number of benzene rings is 1. The van der Waals surface area contributed by atoms with Crippen LogP contribution < -0.4 is 15.4 Å². The fourth-order valence-electron chi connectivity index (χ4n) is 4.42. The molecule has 0 unspecified atom stereocenters. The Morgan fingerprint density at radius 3 is 2.64 bits per heavy atom. The molecule has 1 fully saturated rings. The van der Waals surface area contributed by atoms with Crippen LogP contribution in [0.3, 0.4) is 0 Å². The lowest BCUT2D eigenvalue weighted by Gasteiger charge is -2.26. The van der Waals surface area contributed by atoms with Crippen LogP contribution in [0.4, 0.5) is 10.5 Å². The number of fused-ring (bicyclic) bond motifs is 1. The smallest absolute Gasteiger partial charge is 0.341 e. The number of anilines is 1. The van der Waals surface area contributed by atoms with Crippen molar-refractivity contribution in [2.75, 3.05) is 58.9 Å². The lowest BCUT2D eigenvalue weighted by Crippen LogP contribution is -2.37. The standard InChI is InChI=1S/C26H37N3O7/c1-17(7-9-21(30)35-13-5-10-29-11-14-34-15-12-29)6-8-19-23(28-26(32)27-3)22-20(16-36-25(22)31)18(2)24(19)33-4/h6H,5,7-16H2,1-4H3,(H2,27,28,32). The molecule has 1 aromatic carbocycles. The number of methoxy groups -OCH3 is 1. The Kier molecular flexibility index (Phi) is 10.1. The Morgan fingerprint density at radius 2 is 1.94 bits per heavy atom. The maximum atomic E-state index is 12.5. The molecule has 0 saturated carbocycles. The molecule has 2 amide bonds. The topological polar surface area (TPSA) is 115 Å². The molecule has 10 nitrogen and oxygen atoms in total. The summed E-state index contributed by atoms with van der Waals surface area (Å²) in [5, 5.41) is 5.29. The van der Waals surface area contributed by atoms with E-state index in [1.165, 1.54) is 7.05 Å². The number of cyclic esters (lactones) is 1. The number of hydrogen-bond acceptors (Lipinski definition) is 8. The largest absolute Gasteiger partial charge is 0.496 e. The van der Waals surface area contributed by atoms with Crippen molar-refractivity contribution in [3.63, 3.8) is 0 Å². The Labute approximate surface area is 212 Å². The highest BCUT2D eigenvalue weighted by Gasteiger charge is 2.32. The van der Waals surface area contributed by atoms with Crippen molar-refractivity contribution in [1.29, 1.82) is 0 Å². The van der Waals surface area contributed by atoms with E-state index in [4.69, 9.17) is 18.9 Å². The highest BCUT2D eigenvalue weighted by atomic mass is 16.5. The van der Waals surface area contributed by atoms with E-state index in [0.717, 1.165) is 50.4 Å². The van der Waals surface area contributed by atoms with Gasteiger partial charge in [0.15, 0.2) is 0 Å². The second-order valence-corrected chi connectivity index (χ2v) is 8.93. The van der Waals surface area contributed by atoms with Gasteiger partial charge in [-0.2, -0.15) is 0 Å². The molecule has 2 aliphatic rings. The summed E-state index contributed by atoms with van der Waals surface area (Å²) >= 11 is 0. The zero-order chi connectivity index (χ0) is 26.1. The fourth-order valence-corrected chi connectivity index (χ4v) is 4.42. The number of ether oxygens (including phenoxy) is 4. The number of morpholine rings is 1. The molecule has 0 aromatic heterocycles. The molecule has 0 aliphatic carbocycles. The number of nitrogens with zero attached hydrogens (tertiary/aromatic N) is 1. The van der Waals surface area contributed by atoms with E-state index < -0.39 is 12.0 Å². The normalized spacial score (nSPS) is 15.8. The summed E-state index contributed by atoms with van der Waals surface area (Å²) in [6, 6.07) is -0.443. The van der Waals surface area contributed by atoms with Gasteiger partial charge in [0, 0.05) is 44.2 Å². The monoisotopic (exact) mass is 503 g/mol. The van der Waals surface area contributed by atoms with Crippen LogP contribution in [0.25, 0.3) is 0 Å². The Bertz CT molecular complexity index is 1000. The maximum absolute atomic E-state index is 12.5. The zero-order valence-corrected chi connectivity index (χ0v) is 21.7. The number of allylic oxidation sites excluding steroid dienone is 2. The minimum Gasteiger partial charge on any atom is -0.496 e. The van der Waals surface area contributed by atoms with Crippen LogP contribution in [-0.4, -0.2) is 76.5 Å². The van der Waals surface area contributed by atoms with Crippen molar-refractivity contribution in [1.82, 2.24) is 10.2 Å². The highest BCUT2D eigenvalue weighted by molar-refractivity contribution is 6.05. The number of carbonyl (C=O) groups excluding carboxylic acids is 3. The average molecular weight is 504 g/mol. The molecule has 1 saturated heterocycles. The van der Waals surface area contributed by atoms with E-state index in [1.54, 1.807) is 7.11 Å². The SMILES string of the molecule is CNC(=O)Nc1c(CC=C(C)CCC(=O)OCCCN2CCOCC2)c(OC)c(C)c2c1C(=O)OC2. The van der Waals surface area contributed by atoms with Gasteiger partial charge < -0.3 is 29.6 Å².